The quantitative estimate of drug-likeness (QED) is 0.717. The van der Waals surface area contributed by atoms with Gasteiger partial charge in [0.15, 0.2) is 0 Å². The first-order valence-electron chi connectivity index (χ1n) is 8.80. The number of nitrogens with one attached hydrogen (secondary N) is 2. The number of benzene rings is 1. The van der Waals surface area contributed by atoms with E-state index in [1.54, 1.807) is 12.1 Å². The Balaban J connectivity index is 1.69. The summed E-state index contributed by atoms with van der Waals surface area (Å²) in [6.45, 7) is 4.33. The number of nitrogens with zero attached hydrogens (tertiary/aromatic N) is 2. The zero-order valence-electron chi connectivity index (χ0n) is 14.4. The van der Waals surface area contributed by atoms with Crippen LogP contribution in [0.5, 0.6) is 0 Å². The summed E-state index contributed by atoms with van der Waals surface area (Å²) in [4.78, 5) is 52.6. The lowest BCUT2D eigenvalue weighted by atomic mass is 10.0. The Bertz CT molecular complexity index is 821. The van der Waals surface area contributed by atoms with Crippen LogP contribution in [0.25, 0.3) is 0 Å². The van der Waals surface area contributed by atoms with Gasteiger partial charge < -0.3 is 10.2 Å². The van der Waals surface area contributed by atoms with Gasteiger partial charge in [0.1, 0.15) is 6.04 Å². The molecule has 0 radical (unpaired) electrons. The topological polar surface area (TPSA) is 98.8 Å². The Kier molecular flexibility index (Phi) is 3.99. The van der Waals surface area contributed by atoms with Gasteiger partial charge >= 0.3 is 0 Å². The summed E-state index contributed by atoms with van der Waals surface area (Å²) in [6.07, 6.45) is 0.280. The maximum Gasteiger partial charge on any atom is 0.264 e. The first kappa shape index (κ1) is 16.7. The molecule has 3 aliphatic rings. The van der Waals surface area contributed by atoms with E-state index >= 15 is 0 Å². The van der Waals surface area contributed by atoms with Crippen LogP contribution in [0.2, 0.25) is 0 Å². The number of hydrogen-bond donors (Lipinski definition) is 2. The Morgan fingerprint density at radius 1 is 1.12 bits per heavy atom. The number of anilines is 1. The fourth-order valence-electron chi connectivity index (χ4n) is 3.91. The lowest BCUT2D eigenvalue weighted by molar-refractivity contribution is -0.136. The number of rotatable bonds is 2. The van der Waals surface area contributed by atoms with Crippen molar-refractivity contribution in [1.29, 1.82) is 0 Å². The molecule has 4 amide bonds. The average Bonchev–Trinajstić information content (AvgIpc) is 2.87. The molecule has 1 aromatic rings. The number of piperazine rings is 1. The third-order valence-corrected chi connectivity index (χ3v) is 5.16. The van der Waals surface area contributed by atoms with Gasteiger partial charge in [-0.2, -0.15) is 0 Å². The van der Waals surface area contributed by atoms with Gasteiger partial charge in [-0.25, -0.2) is 0 Å². The smallest absolute Gasteiger partial charge is 0.264 e. The van der Waals surface area contributed by atoms with Crippen LogP contribution < -0.4 is 15.5 Å². The third kappa shape index (κ3) is 2.57. The number of imide groups is 2. The minimum absolute atomic E-state index is 0.117. The summed E-state index contributed by atoms with van der Waals surface area (Å²) in [6, 6.07) is 4.57. The number of carbonyl (C=O) groups is 4. The lowest BCUT2D eigenvalue weighted by Gasteiger charge is -2.34. The van der Waals surface area contributed by atoms with E-state index in [0.29, 0.717) is 11.1 Å². The predicted octanol–water partition coefficient (Wildman–Crippen LogP) is -0.114. The molecule has 136 valence electrons. The Hall–Kier alpha value is -2.74. The molecule has 0 saturated carbocycles. The molecule has 0 aliphatic carbocycles. The van der Waals surface area contributed by atoms with Crippen molar-refractivity contribution in [3.63, 3.8) is 0 Å². The molecular formula is C18H20N4O4. The van der Waals surface area contributed by atoms with Crippen LogP contribution in [-0.2, 0) is 9.59 Å². The SMILES string of the molecule is C[C@H]1CN(c2cccc3c2C(=O)N(C2CCC(=O)NC2=O)C3=O)CCN1. The number of piperidine rings is 1. The molecule has 8 nitrogen and oxygen atoms in total. The molecule has 2 atom stereocenters. The molecule has 2 fully saturated rings. The van der Waals surface area contributed by atoms with Crippen LogP contribution >= 0.6 is 0 Å². The van der Waals surface area contributed by atoms with E-state index in [-0.39, 0.29) is 24.8 Å². The van der Waals surface area contributed by atoms with Crippen molar-refractivity contribution in [2.24, 2.45) is 0 Å². The highest BCUT2D eigenvalue weighted by Gasteiger charge is 2.46. The second-order valence-electron chi connectivity index (χ2n) is 6.95. The molecule has 0 bridgehead atoms. The van der Waals surface area contributed by atoms with Crippen molar-refractivity contribution < 1.29 is 19.2 Å². The van der Waals surface area contributed by atoms with Gasteiger partial charge in [0.2, 0.25) is 11.8 Å². The van der Waals surface area contributed by atoms with Gasteiger partial charge in [-0.3, -0.25) is 29.4 Å². The zero-order chi connectivity index (χ0) is 18.4. The lowest BCUT2D eigenvalue weighted by Crippen LogP contribution is -2.54. The van der Waals surface area contributed by atoms with Crippen molar-refractivity contribution in [3.05, 3.63) is 29.3 Å². The van der Waals surface area contributed by atoms with Gasteiger partial charge in [0, 0.05) is 32.1 Å². The summed E-state index contributed by atoms with van der Waals surface area (Å²) in [5.74, 6) is -1.89. The number of carbonyl (C=O) groups excluding carboxylic acids is 4. The van der Waals surface area contributed by atoms with Gasteiger partial charge in [-0.15, -0.1) is 0 Å². The molecule has 26 heavy (non-hydrogen) atoms. The molecule has 8 heteroatoms. The molecule has 3 heterocycles. The fraction of sp³-hybridized carbons (Fsp3) is 0.444. The summed E-state index contributed by atoms with van der Waals surface area (Å²) in [7, 11) is 0. The monoisotopic (exact) mass is 356 g/mol. The first-order chi connectivity index (χ1) is 12.5. The maximum absolute atomic E-state index is 13.1. The highest BCUT2D eigenvalue weighted by molar-refractivity contribution is 6.25. The van der Waals surface area contributed by atoms with Gasteiger partial charge in [-0.05, 0) is 25.5 Å². The van der Waals surface area contributed by atoms with E-state index in [2.05, 4.69) is 22.5 Å². The summed E-state index contributed by atoms with van der Waals surface area (Å²) in [5.41, 5.74) is 1.41. The minimum Gasteiger partial charge on any atom is -0.368 e. The molecule has 2 saturated heterocycles. The van der Waals surface area contributed by atoms with E-state index < -0.39 is 23.8 Å². The van der Waals surface area contributed by atoms with E-state index in [1.807, 2.05) is 6.07 Å². The second kappa shape index (κ2) is 6.21. The van der Waals surface area contributed by atoms with Crippen molar-refractivity contribution in [2.45, 2.75) is 31.8 Å². The summed E-state index contributed by atoms with van der Waals surface area (Å²) < 4.78 is 0. The molecule has 0 aromatic heterocycles. The summed E-state index contributed by atoms with van der Waals surface area (Å²) >= 11 is 0. The molecule has 1 unspecified atom stereocenters. The van der Waals surface area contributed by atoms with E-state index in [9.17, 15) is 19.2 Å². The van der Waals surface area contributed by atoms with Crippen LogP contribution in [0.4, 0.5) is 5.69 Å². The van der Waals surface area contributed by atoms with Crippen LogP contribution in [0.3, 0.4) is 0 Å². The normalized spacial score (nSPS) is 26.2. The van der Waals surface area contributed by atoms with Crippen molar-refractivity contribution in [2.75, 3.05) is 24.5 Å². The van der Waals surface area contributed by atoms with E-state index in [1.165, 1.54) is 0 Å². The number of hydrogen-bond acceptors (Lipinski definition) is 6. The standard InChI is InChI=1S/C18H20N4O4/c1-10-9-21(8-7-19-10)12-4-2-3-11-15(12)18(26)22(17(11)25)13-5-6-14(23)20-16(13)24/h2-4,10,13,19H,5-9H2,1H3,(H,20,23,24)/t10-,13?/m0/s1. The highest BCUT2D eigenvalue weighted by atomic mass is 16.2. The van der Waals surface area contributed by atoms with Crippen LogP contribution in [0.1, 0.15) is 40.5 Å². The average molecular weight is 356 g/mol. The van der Waals surface area contributed by atoms with Crippen LogP contribution in [0, 0.1) is 0 Å². The fourth-order valence-corrected chi connectivity index (χ4v) is 3.91. The number of fused-ring (bicyclic) bond motifs is 1. The highest BCUT2D eigenvalue weighted by Crippen LogP contribution is 2.34. The Labute approximate surface area is 150 Å². The summed E-state index contributed by atoms with van der Waals surface area (Å²) in [5, 5.41) is 5.57. The second-order valence-corrected chi connectivity index (χ2v) is 6.95. The first-order valence-corrected chi connectivity index (χ1v) is 8.80. The van der Waals surface area contributed by atoms with E-state index in [4.69, 9.17) is 0 Å². The molecule has 3 aliphatic heterocycles. The minimum atomic E-state index is -0.935. The third-order valence-electron chi connectivity index (χ3n) is 5.16. The van der Waals surface area contributed by atoms with Crippen LogP contribution in [0.15, 0.2) is 18.2 Å². The molecule has 0 spiro atoms. The molecule has 4 rings (SSSR count). The Morgan fingerprint density at radius 2 is 1.92 bits per heavy atom. The van der Waals surface area contributed by atoms with E-state index in [0.717, 1.165) is 30.2 Å². The van der Waals surface area contributed by atoms with Crippen LogP contribution in [-0.4, -0.2) is 60.2 Å². The van der Waals surface area contributed by atoms with Crippen molar-refractivity contribution in [3.8, 4) is 0 Å². The van der Waals surface area contributed by atoms with Gasteiger partial charge in [-0.1, -0.05) is 6.07 Å². The Morgan fingerprint density at radius 3 is 2.65 bits per heavy atom. The van der Waals surface area contributed by atoms with Crippen molar-refractivity contribution >= 4 is 29.3 Å². The van der Waals surface area contributed by atoms with Gasteiger partial charge in [0.05, 0.1) is 16.8 Å². The molecule has 2 N–H and O–H groups in total. The molecular weight excluding hydrogens is 336 g/mol. The number of amides is 4. The predicted molar refractivity (Wildman–Crippen MR) is 92.8 cm³/mol. The largest absolute Gasteiger partial charge is 0.368 e. The zero-order valence-corrected chi connectivity index (χ0v) is 14.4. The maximum atomic E-state index is 13.1. The van der Waals surface area contributed by atoms with Gasteiger partial charge in [0.25, 0.3) is 11.8 Å². The van der Waals surface area contributed by atoms with Crippen molar-refractivity contribution in [1.82, 2.24) is 15.5 Å². The molecule has 1 aromatic carbocycles.